The summed E-state index contributed by atoms with van der Waals surface area (Å²) in [5.74, 6) is -0.0113. The minimum absolute atomic E-state index is 0.00296. The molecule has 0 bridgehead atoms. The molecule has 0 saturated heterocycles. The molecule has 0 radical (unpaired) electrons. The number of hydrogen-bond acceptors (Lipinski definition) is 5. The number of fused-ring (bicyclic) bond motifs is 1. The molecule has 38 heavy (non-hydrogen) atoms. The normalized spacial score (nSPS) is 11.4. The summed E-state index contributed by atoms with van der Waals surface area (Å²) in [4.78, 5) is 38.7. The Morgan fingerprint density at radius 2 is 1.87 bits per heavy atom. The van der Waals surface area contributed by atoms with Crippen molar-refractivity contribution in [3.05, 3.63) is 101 Å². The largest absolute Gasteiger partial charge is 0.358 e. The van der Waals surface area contributed by atoms with Gasteiger partial charge in [0.25, 0.3) is 5.56 Å². The first-order valence-corrected chi connectivity index (χ1v) is 13.1. The highest BCUT2D eigenvalue weighted by Gasteiger charge is 2.17. The fourth-order valence-electron chi connectivity index (χ4n) is 4.64. The van der Waals surface area contributed by atoms with Crippen LogP contribution in [0.15, 0.2) is 78.2 Å². The van der Waals surface area contributed by atoms with Crippen molar-refractivity contribution in [2.45, 2.75) is 58.5 Å². The van der Waals surface area contributed by atoms with Crippen molar-refractivity contribution in [2.24, 2.45) is 0 Å². The molecule has 0 spiro atoms. The predicted molar refractivity (Wildman–Crippen MR) is 148 cm³/mol. The summed E-state index contributed by atoms with van der Waals surface area (Å²) in [6.07, 6.45) is 12.0. The third-order valence-corrected chi connectivity index (χ3v) is 6.76. The number of carbonyl (C=O) groups excluding carboxylic acids is 1. The fraction of sp³-hybridized carbons (Fsp3) is 0.300. The molecule has 194 valence electrons. The van der Waals surface area contributed by atoms with Gasteiger partial charge in [-0.2, -0.15) is 5.10 Å². The molecular formula is C30H32N6O2. The van der Waals surface area contributed by atoms with Gasteiger partial charge in [0, 0.05) is 53.2 Å². The Kier molecular flexibility index (Phi) is 7.58. The third-order valence-electron chi connectivity index (χ3n) is 6.76. The van der Waals surface area contributed by atoms with E-state index in [0.29, 0.717) is 30.7 Å². The number of pyridine rings is 1. The van der Waals surface area contributed by atoms with Gasteiger partial charge >= 0.3 is 0 Å². The van der Waals surface area contributed by atoms with Gasteiger partial charge in [0.1, 0.15) is 5.69 Å². The van der Waals surface area contributed by atoms with Crippen molar-refractivity contribution in [2.75, 3.05) is 0 Å². The summed E-state index contributed by atoms with van der Waals surface area (Å²) < 4.78 is 3.41. The number of H-pyrrole nitrogens is 1. The van der Waals surface area contributed by atoms with Gasteiger partial charge in [-0.15, -0.1) is 0 Å². The first-order chi connectivity index (χ1) is 18.5. The van der Waals surface area contributed by atoms with Crippen LogP contribution in [0.25, 0.3) is 22.2 Å². The van der Waals surface area contributed by atoms with Crippen LogP contribution in [0.1, 0.15) is 49.7 Å². The molecule has 0 amide bonds. The van der Waals surface area contributed by atoms with E-state index < -0.39 is 0 Å². The zero-order valence-corrected chi connectivity index (χ0v) is 21.8. The summed E-state index contributed by atoms with van der Waals surface area (Å²) in [7, 11) is 0. The number of Topliss-reactive ketones (excluding diaryl/α,β-unsaturated/α-hetero) is 1. The third kappa shape index (κ3) is 5.80. The molecule has 0 aliphatic heterocycles. The number of hydrogen-bond donors (Lipinski definition) is 1. The molecule has 4 heterocycles. The van der Waals surface area contributed by atoms with Crippen molar-refractivity contribution >= 4 is 16.7 Å². The second kappa shape index (κ2) is 11.4. The summed E-state index contributed by atoms with van der Waals surface area (Å²) in [6.45, 7) is 4.08. The number of rotatable bonds is 11. The molecule has 1 N–H and O–H groups in total. The number of aromatic amines is 1. The first kappa shape index (κ1) is 25.3. The molecule has 1 aromatic carbocycles. The number of nitrogens with one attached hydrogen (secondary N) is 1. The number of ketones is 1. The van der Waals surface area contributed by atoms with Gasteiger partial charge in [-0.05, 0) is 57.2 Å². The first-order valence-electron chi connectivity index (χ1n) is 13.1. The monoisotopic (exact) mass is 508 g/mol. The van der Waals surface area contributed by atoms with E-state index in [2.05, 4.69) is 32.2 Å². The number of benzene rings is 1. The Balaban J connectivity index is 1.35. The lowest BCUT2D eigenvalue weighted by molar-refractivity contribution is -0.119. The average molecular weight is 509 g/mol. The lowest BCUT2D eigenvalue weighted by atomic mass is 10.1. The molecular weight excluding hydrogens is 476 g/mol. The quantitative estimate of drug-likeness (QED) is 0.272. The Labute approximate surface area is 221 Å². The average Bonchev–Trinajstić information content (AvgIpc) is 3.58. The van der Waals surface area contributed by atoms with Gasteiger partial charge in [-0.25, -0.2) is 0 Å². The highest BCUT2D eigenvalue weighted by molar-refractivity contribution is 5.81. The van der Waals surface area contributed by atoms with Crippen LogP contribution in [0.2, 0.25) is 0 Å². The maximum atomic E-state index is 13.6. The predicted octanol–water partition coefficient (Wildman–Crippen LogP) is 4.94. The zero-order valence-electron chi connectivity index (χ0n) is 21.8. The summed E-state index contributed by atoms with van der Waals surface area (Å²) in [6, 6.07) is 14.3. The standard InChI is InChI=1S/C30H32N6O2/c1-21(2)36-19-24(17-33-36)29-18-32-28(10-6-9-22-7-4-3-5-8-22)30(38)35(29)20-26(37)12-11-25-15-23-16-31-14-13-27(23)34-25/h3-5,7-8,13-19,21,34H,6,9-12,20H2,1-2H3. The number of aryl methyl sites for hydroxylation is 3. The van der Waals surface area contributed by atoms with Crippen molar-refractivity contribution in [1.29, 1.82) is 0 Å². The SMILES string of the molecule is CC(C)n1cc(-c2cnc(CCCc3ccccc3)c(=O)n2CC(=O)CCc2cc3cnccc3[nH]2)cn1. The van der Waals surface area contributed by atoms with Gasteiger partial charge in [0.15, 0.2) is 5.78 Å². The smallest absolute Gasteiger partial charge is 0.273 e. The molecule has 8 nitrogen and oxygen atoms in total. The van der Waals surface area contributed by atoms with Crippen LogP contribution in [0, 0.1) is 0 Å². The van der Waals surface area contributed by atoms with E-state index >= 15 is 0 Å². The Morgan fingerprint density at radius 1 is 1.03 bits per heavy atom. The van der Waals surface area contributed by atoms with Crippen LogP contribution in [0.4, 0.5) is 0 Å². The summed E-state index contributed by atoms with van der Waals surface area (Å²) >= 11 is 0. The van der Waals surface area contributed by atoms with Gasteiger partial charge in [-0.1, -0.05) is 30.3 Å². The van der Waals surface area contributed by atoms with Crippen molar-refractivity contribution in [1.82, 2.24) is 29.3 Å². The highest BCUT2D eigenvalue weighted by atomic mass is 16.1. The Bertz CT molecular complexity index is 1560. The number of carbonyl (C=O) groups is 1. The van der Waals surface area contributed by atoms with Gasteiger partial charge in [0.05, 0.1) is 24.6 Å². The van der Waals surface area contributed by atoms with E-state index in [1.54, 1.807) is 29.4 Å². The van der Waals surface area contributed by atoms with E-state index in [-0.39, 0.29) is 23.9 Å². The lowest BCUT2D eigenvalue weighted by Gasteiger charge is -2.13. The molecule has 0 aliphatic rings. The topological polar surface area (TPSA) is 98.5 Å². The summed E-state index contributed by atoms with van der Waals surface area (Å²) in [5, 5.41) is 5.44. The van der Waals surface area contributed by atoms with Crippen LogP contribution in [0.5, 0.6) is 0 Å². The number of aromatic nitrogens is 6. The van der Waals surface area contributed by atoms with Crippen molar-refractivity contribution in [3.8, 4) is 11.3 Å². The minimum Gasteiger partial charge on any atom is -0.358 e. The molecule has 5 aromatic rings. The van der Waals surface area contributed by atoms with Gasteiger partial charge in [-0.3, -0.25) is 28.8 Å². The highest BCUT2D eigenvalue weighted by Crippen LogP contribution is 2.20. The van der Waals surface area contributed by atoms with E-state index in [1.165, 1.54) is 5.56 Å². The van der Waals surface area contributed by atoms with E-state index in [1.807, 2.05) is 55.1 Å². The summed E-state index contributed by atoms with van der Waals surface area (Å²) in [5.41, 5.74) is 4.86. The lowest BCUT2D eigenvalue weighted by Crippen LogP contribution is -2.29. The maximum absolute atomic E-state index is 13.6. The maximum Gasteiger partial charge on any atom is 0.273 e. The van der Waals surface area contributed by atoms with Crippen LogP contribution in [-0.2, 0) is 30.6 Å². The Hall–Kier alpha value is -4.33. The Morgan fingerprint density at radius 3 is 2.63 bits per heavy atom. The number of nitrogens with zero attached hydrogens (tertiary/aromatic N) is 5. The second-order valence-electron chi connectivity index (χ2n) is 9.92. The van der Waals surface area contributed by atoms with Crippen molar-refractivity contribution < 1.29 is 4.79 Å². The van der Waals surface area contributed by atoms with Crippen LogP contribution in [-0.4, -0.2) is 35.1 Å². The molecule has 0 fully saturated rings. The van der Waals surface area contributed by atoms with Gasteiger partial charge < -0.3 is 4.98 Å². The molecule has 0 unspecified atom stereocenters. The van der Waals surface area contributed by atoms with Crippen molar-refractivity contribution in [3.63, 3.8) is 0 Å². The molecule has 0 saturated carbocycles. The molecule has 5 rings (SSSR count). The zero-order chi connectivity index (χ0) is 26.5. The molecule has 0 aliphatic carbocycles. The molecule has 8 heteroatoms. The minimum atomic E-state index is -0.210. The molecule has 4 aromatic heterocycles. The second-order valence-corrected chi connectivity index (χ2v) is 9.92. The van der Waals surface area contributed by atoms with Gasteiger partial charge in [0.2, 0.25) is 0 Å². The van der Waals surface area contributed by atoms with E-state index in [9.17, 15) is 9.59 Å². The van der Waals surface area contributed by atoms with Crippen LogP contribution < -0.4 is 5.56 Å². The van der Waals surface area contributed by atoms with Crippen LogP contribution >= 0.6 is 0 Å². The van der Waals surface area contributed by atoms with E-state index in [4.69, 9.17) is 0 Å². The molecule has 0 atom stereocenters. The van der Waals surface area contributed by atoms with Crippen LogP contribution in [0.3, 0.4) is 0 Å². The fourth-order valence-corrected chi connectivity index (χ4v) is 4.64. The van der Waals surface area contributed by atoms with E-state index in [0.717, 1.165) is 35.0 Å².